The second kappa shape index (κ2) is 4.07. The van der Waals surface area contributed by atoms with Gasteiger partial charge in [0.1, 0.15) is 5.82 Å². The summed E-state index contributed by atoms with van der Waals surface area (Å²) in [5.41, 5.74) is 6.76. The molecule has 2 N–H and O–H groups in total. The van der Waals surface area contributed by atoms with Gasteiger partial charge in [-0.2, -0.15) is 0 Å². The highest BCUT2D eigenvalue weighted by molar-refractivity contribution is 5.20. The van der Waals surface area contributed by atoms with Gasteiger partial charge in [-0.25, -0.2) is 4.39 Å². The van der Waals surface area contributed by atoms with E-state index in [0.29, 0.717) is 0 Å². The number of halogens is 1. The van der Waals surface area contributed by atoms with Crippen molar-refractivity contribution in [2.45, 2.75) is 25.0 Å². The van der Waals surface area contributed by atoms with Crippen molar-refractivity contribution in [3.8, 4) is 0 Å². The van der Waals surface area contributed by atoms with Gasteiger partial charge in [0.05, 0.1) is 6.10 Å². The van der Waals surface area contributed by atoms with Crippen LogP contribution in [-0.4, -0.2) is 12.6 Å². The molecule has 2 rings (SSSR count). The third kappa shape index (κ3) is 1.94. The predicted octanol–water partition coefficient (Wildman–Crippen LogP) is 2.00. The first kappa shape index (κ1) is 9.62. The lowest BCUT2D eigenvalue weighted by Gasteiger charge is -2.29. The Bertz CT molecular complexity index is 316. The SMILES string of the molecule is NC1CCCOC1c1cccc(F)c1. The lowest BCUT2D eigenvalue weighted by atomic mass is 9.97. The lowest BCUT2D eigenvalue weighted by Crippen LogP contribution is -2.34. The number of benzene rings is 1. The molecule has 1 aliphatic rings. The molecule has 2 unspecified atom stereocenters. The summed E-state index contributed by atoms with van der Waals surface area (Å²) in [6.45, 7) is 0.717. The number of ether oxygens (including phenoxy) is 1. The van der Waals surface area contributed by atoms with E-state index in [0.717, 1.165) is 25.0 Å². The van der Waals surface area contributed by atoms with Crippen LogP contribution in [0, 0.1) is 5.82 Å². The molecule has 1 heterocycles. The Morgan fingerprint density at radius 3 is 3.00 bits per heavy atom. The third-order valence-corrected chi connectivity index (χ3v) is 2.55. The minimum atomic E-state index is -0.233. The van der Waals surface area contributed by atoms with Crippen LogP contribution in [0.1, 0.15) is 24.5 Å². The predicted molar refractivity (Wildman–Crippen MR) is 52.3 cm³/mol. The van der Waals surface area contributed by atoms with Crippen LogP contribution in [0.25, 0.3) is 0 Å². The summed E-state index contributed by atoms with van der Waals surface area (Å²) in [6.07, 6.45) is 1.80. The molecule has 3 heteroatoms. The molecule has 0 amide bonds. The fourth-order valence-electron chi connectivity index (χ4n) is 1.83. The molecule has 0 spiro atoms. The van der Waals surface area contributed by atoms with Crippen molar-refractivity contribution < 1.29 is 9.13 Å². The summed E-state index contributed by atoms with van der Waals surface area (Å²) in [6, 6.07) is 6.47. The summed E-state index contributed by atoms with van der Waals surface area (Å²) >= 11 is 0. The molecular weight excluding hydrogens is 181 g/mol. The van der Waals surface area contributed by atoms with E-state index in [9.17, 15) is 4.39 Å². The number of hydrogen-bond donors (Lipinski definition) is 1. The Morgan fingerprint density at radius 1 is 1.43 bits per heavy atom. The van der Waals surface area contributed by atoms with Gasteiger partial charge in [0.15, 0.2) is 0 Å². The van der Waals surface area contributed by atoms with Gasteiger partial charge in [0, 0.05) is 12.6 Å². The molecule has 0 bridgehead atoms. The minimum Gasteiger partial charge on any atom is -0.372 e. The Labute approximate surface area is 82.9 Å². The van der Waals surface area contributed by atoms with Crippen molar-refractivity contribution in [1.82, 2.24) is 0 Å². The molecular formula is C11H14FNO. The molecule has 2 atom stereocenters. The zero-order chi connectivity index (χ0) is 9.97. The molecule has 1 aromatic rings. The van der Waals surface area contributed by atoms with Gasteiger partial charge in [-0.1, -0.05) is 12.1 Å². The monoisotopic (exact) mass is 195 g/mol. The first-order chi connectivity index (χ1) is 6.77. The Balaban J connectivity index is 2.20. The Hall–Kier alpha value is -0.930. The molecule has 0 saturated carbocycles. The van der Waals surface area contributed by atoms with Gasteiger partial charge < -0.3 is 10.5 Å². The molecule has 0 aliphatic carbocycles. The maximum absolute atomic E-state index is 13.0. The highest BCUT2D eigenvalue weighted by atomic mass is 19.1. The summed E-state index contributed by atoms with van der Waals surface area (Å²) in [5.74, 6) is -0.233. The van der Waals surface area contributed by atoms with E-state index in [1.807, 2.05) is 6.07 Å². The smallest absolute Gasteiger partial charge is 0.123 e. The highest BCUT2D eigenvalue weighted by Gasteiger charge is 2.24. The number of nitrogens with two attached hydrogens (primary N) is 1. The van der Waals surface area contributed by atoms with E-state index in [1.54, 1.807) is 6.07 Å². The maximum atomic E-state index is 13.0. The number of rotatable bonds is 1. The van der Waals surface area contributed by atoms with Crippen molar-refractivity contribution in [2.75, 3.05) is 6.61 Å². The van der Waals surface area contributed by atoms with Crippen LogP contribution in [0.5, 0.6) is 0 Å². The molecule has 1 aliphatic heterocycles. The standard InChI is InChI=1S/C11H14FNO/c12-9-4-1-3-8(7-9)11-10(13)5-2-6-14-11/h1,3-4,7,10-11H,2,5-6,13H2. The molecule has 76 valence electrons. The van der Waals surface area contributed by atoms with E-state index in [1.165, 1.54) is 12.1 Å². The molecule has 0 aromatic heterocycles. The fraction of sp³-hybridized carbons (Fsp3) is 0.455. The molecule has 1 aromatic carbocycles. The first-order valence-electron chi connectivity index (χ1n) is 4.90. The Morgan fingerprint density at radius 2 is 2.29 bits per heavy atom. The van der Waals surface area contributed by atoms with E-state index in [-0.39, 0.29) is 18.0 Å². The summed E-state index contributed by atoms with van der Waals surface area (Å²) in [4.78, 5) is 0. The normalized spacial score (nSPS) is 27.6. The van der Waals surface area contributed by atoms with Gasteiger partial charge in [-0.05, 0) is 30.5 Å². The van der Waals surface area contributed by atoms with Crippen LogP contribution in [0.2, 0.25) is 0 Å². The van der Waals surface area contributed by atoms with Crippen LogP contribution in [-0.2, 0) is 4.74 Å². The largest absolute Gasteiger partial charge is 0.372 e. The third-order valence-electron chi connectivity index (χ3n) is 2.55. The van der Waals surface area contributed by atoms with E-state index >= 15 is 0 Å². The molecule has 14 heavy (non-hydrogen) atoms. The average molecular weight is 195 g/mol. The zero-order valence-corrected chi connectivity index (χ0v) is 7.95. The second-order valence-electron chi connectivity index (χ2n) is 3.65. The van der Waals surface area contributed by atoms with Crippen molar-refractivity contribution in [2.24, 2.45) is 5.73 Å². The maximum Gasteiger partial charge on any atom is 0.123 e. The van der Waals surface area contributed by atoms with E-state index in [4.69, 9.17) is 10.5 Å². The molecule has 1 saturated heterocycles. The molecule has 1 fully saturated rings. The summed E-state index contributed by atoms with van der Waals surface area (Å²) in [7, 11) is 0. The first-order valence-corrected chi connectivity index (χ1v) is 4.90. The van der Waals surface area contributed by atoms with Gasteiger partial charge in [-0.15, -0.1) is 0 Å². The topological polar surface area (TPSA) is 35.2 Å². The number of hydrogen-bond acceptors (Lipinski definition) is 2. The van der Waals surface area contributed by atoms with Crippen molar-refractivity contribution >= 4 is 0 Å². The van der Waals surface area contributed by atoms with Gasteiger partial charge >= 0.3 is 0 Å². The fourth-order valence-corrected chi connectivity index (χ4v) is 1.83. The minimum absolute atomic E-state index is 0.00875. The van der Waals surface area contributed by atoms with E-state index in [2.05, 4.69) is 0 Å². The van der Waals surface area contributed by atoms with Crippen LogP contribution in [0.15, 0.2) is 24.3 Å². The molecule has 0 radical (unpaired) electrons. The van der Waals surface area contributed by atoms with Crippen molar-refractivity contribution in [3.63, 3.8) is 0 Å². The van der Waals surface area contributed by atoms with Crippen LogP contribution in [0.3, 0.4) is 0 Å². The van der Waals surface area contributed by atoms with Gasteiger partial charge in [-0.3, -0.25) is 0 Å². The zero-order valence-electron chi connectivity index (χ0n) is 7.95. The van der Waals surface area contributed by atoms with E-state index < -0.39 is 0 Å². The quantitative estimate of drug-likeness (QED) is 0.744. The van der Waals surface area contributed by atoms with Crippen molar-refractivity contribution in [1.29, 1.82) is 0 Å². The van der Waals surface area contributed by atoms with Crippen LogP contribution in [0.4, 0.5) is 4.39 Å². The highest BCUT2D eigenvalue weighted by Crippen LogP contribution is 2.27. The Kier molecular flexibility index (Phi) is 2.79. The van der Waals surface area contributed by atoms with Crippen molar-refractivity contribution in [3.05, 3.63) is 35.6 Å². The summed E-state index contributed by atoms with van der Waals surface area (Å²) in [5, 5.41) is 0. The van der Waals surface area contributed by atoms with Crippen LogP contribution >= 0.6 is 0 Å². The summed E-state index contributed by atoms with van der Waals surface area (Å²) < 4.78 is 18.5. The van der Waals surface area contributed by atoms with Gasteiger partial charge in [0.2, 0.25) is 0 Å². The lowest BCUT2D eigenvalue weighted by molar-refractivity contribution is -0.0000126. The van der Waals surface area contributed by atoms with Crippen LogP contribution < -0.4 is 5.73 Å². The molecule has 2 nitrogen and oxygen atoms in total. The van der Waals surface area contributed by atoms with Gasteiger partial charge in [0.25, 0.3) is 0 Å². The second-order valence-corrected chi connectivity index (χ2v) is 3.65. The average Bonchev–Trinajstić information content (AvgIpc) is 2.18.